The van der Waals surface area contributed by atoms with Gasteiger partial charge in [0.2, 0.25) is 5.91 Å². The van der Waals surface area contributed by atoms with E-state index in [-0.39, 0.29) is 29.2 Å². The standard InChI is InChI=1S/C25H32N2O3/c1-16(2)22(27-23(28)17-10-12-18(13-11-17)25(3,4)5)24(29)26-20-14-15-30-21-9-7-6-8-19(20)21/h6-13,16,20,22H,14-15H2,1-5H3,(H,26,29)(H,27,28)/t20-,22+/m1/s1. The van der Waals surface area contributed by atoms with Gasteiger partial charge < -0.3 is 15.4 Å². The number of ether oxygens (including phenoxy) is 1. The highest BCUT2D eigenvalue weighted by Crippen LogP contribution is 2.31. The van der Waals surface area contributed by atoms with Crippen LogP contribution < -0.4 is 15.4 Å². The number of nitrogens with one attached hydrogen (secondary N) is 2. The molecule has 30 heavy (non-hydrogen) atoms. The molecule has 2 N–H and O–H groups in total. The second-order valence-electron chi connectivity index (χ2n) is 9.26. The Balaban J connectivity index is 1.70. The Bertz CT molecular complexity index is 897. The maximum atomic E-state index is 13.0. The smallest absolute Gasteiger partial charge is 0.251 e. The lowest BCUT2D eigenvalue weighted by Crippen LogP contribution is -2.50. The van der Waals surface area contributed by atoms with Crippen molar-refractivity contribution in [2.75, 3.05) is 6.61 Å². The topological polar surface area (TPSA) is 67.4 Å². The first-order valence-electron chi connectivity index (χ1n) is 10.6. The molecule has 1 aliphatic heterocycles. The van der Waals surface area contributed by atoms with E-state index >= 15 is 0 Å². The number of amides is 2. The van der Waals surface area contributed by atoms with E-state index in [1.54, 1.807) is 0 Å². The molecule has 0 saturated heterocycles. The van der Waals surface area contributed by atoms with Gasteiger partial charge in [-0.15, -0.1) is 0 Å². The Morgan fingerprint density at radius 1 is 1.03 bits per heavy atom. The summed E-state index contributed by atoms with van der Waals surface area (Å²) in [5, 5.41) is 6.03. The largest absolute Gasteiger partial charge is 0.493 e. The predicted octanol–water partition coefficient (Wildman–Crippen LogP) is 4.38. The van der Waals surface area contributed by atoms with E-state index < -0.39 is 6.04 Å². The fourth-order valence-electron chi connectivity index (χ4n) is 3.63. The van der Waals surface area contributed by atoms with Gasteiger partial charge in [-0.3, -0.25) is 9.59 Å². The van der Waals surface area contributed by atoms with Crippen LogP contribution in [0.15, 0.2) is 48.5 Å². The highest BCUT2D eigenvalue weighted by atomic mass is 16.5. The van der Waals surface area contributed by atoms with Gasteiger partial charge in [0.05, 0.1) is 12.6 Å². The Kier molecular flexibility index (Phi) is 6.49. The zero-order chi connectivity index (χ0) is 21.9. The third-order valence-electron chi connectivity index (χ3n) is 5.52. The summed E-state index contributed by atoms with van der Waals surface area (Å²) < 4.78 is 5.68. The van der Waals surface area contributed by atoms with E-state index in [4.69, 9.17) is 4.74 Å². The number of rotatable bonds is 5. The van der Waals surface area contributed by atoms with Gasteiger partial charge in [0.25, 0.3) is 5.91 Å². The molecule has 2 aromatic carbocycles. The van der Waals surface area contributed by atoms with Crippen LogP contribution in [0.5, 0.6) is 5.75 Å². The highest BCUT2D eigenvalue weighted by Gasteiger charge is 2.29. The van der Waals surface area contributed by atoms with Crippen molar-refractivity contribution < 1.29 is 14.3 Å². The predicted molar refractivity (Wildman–Crippen MR) is 119 cm³/mol. The van der Waals surface area contributed by atoms with Crippen molar-refractivity contribution in [3.05, 3.63) is 65.2 Å². The lowest BCUT2D eigenvalue weighted by molar-refractivity contribution is -0.124. The summed E-state index contributed by atoms with van der Waals surface area (Å²) in [6.45, 7) is 10.8. The lowest BCUT2D eigenvalue weighted by atomic mass is 9.86. The number of para-hydroxylation sites is 1. The van der Waals surface area contributed by atoms with Crippen molar-refractivity contribution >= 4 is 11.8 Å². The van der Waals surface area contributed by atoms with Gasteiger partial charge in [-0.05, 0) is 35.1 Å². The number of carbonyl (C=O) groups is 2. The van der Waals surface area contributed by atoms with Crippen molar-refractivity contribution in [2.24, 2.45) is 5.92 Å². The first-order valence-corrected chi connectivity index (χ1v) is 10.6. The molecule has 0 saturated carbocycles. The third kappa shape index (κ3) is 5.02. The van der Waals surface area contributed by atoms with Gasteiger partial charge in [0.15, 0.2) is 0 Å². The Morgan fingerprint density at radius 2 is 1.70 bits per heavy atom. The quantitative estimate of drug-likeness (QED) is 0.772. The number of carbonyl (C=O) groups excluding carboxylic acids is 2. The van der Waals surface area contributed by atoms with E-state index in [0.29, 0.717) is 18.6 Å². The SMILES string of the molecule is CC(C)[C@H](NC(=O)c1ccc(C(C)(C)C)cc1)C(=O)N[C@@H]1CCOc2ccccc21. The van der Waals surface area contributed by atoms with E-state index in [9.17, 15) is 9.59 Å². The van der Waals surface area contributed by atoms with Crippen molar-refractivity contribution in [3.63, 3.8) is 0 Å². The molecule has 1 heterocycles. The van der Waals surface area contributed by atoms with Crippen molar-refractivity contribution in [3.8, 4) is 5.75 Å². The molecule has 160 valence electrons. The molecule has 0 aromatic heterocycles. The molecule has 0 spiro atoms. The lowest BCUT2D eigenvalue weighted by Gasteiger charge is -2.29. The van der Waals surface area contributed by atoms with Gasteiger partial charge in [-0.2, -0.15) is 0 Å². The monoisotopic (exact) mass is 408 g/mol. The molecule has 2 aromatic rings. The second-order valence-corrected chi connectivity index (χ2v) is 9.26. The summed E-state index contributed by atoms with van der Waals surface area (Å²) in [5.41, 5.74) is 2.71. The minimum atomic E-state index is -0.616. The molecule has 0 fully saturated rings. The molecular weight excluding hydrogens is 376 g/mol. The molecule has 0 aliphatic carbocycles. The minimum Gasteiger partial charge on any atom is -0.493 e. The zero-order valence-corrected chi connectivity index (χ0v) is 18.5. The Morgan fingerprint density at radius 3 is 2.33 bits per heavy atom. The third-order valence-corrected chi connectivity index (χ3v) is 5.52. The fraction of sp³-hybridized carbons (Fsp3) is 0.440. The van der Waals surface area contributed by atoms with Crippen LogP contribution in [0.1, 0.15) is 68.6 Å². The Labute approximate surface area is 179 Å². The number of benzene rings is 2. The van der Waals surface area contributed by atoms with Crippen LogP contribution in [0.4, 0.5) is 0 Å². The molecule has 0 radical (unpaired) electrons. The van der Waals surface area contributed by atoms with Crippen LogP contribution in [0.2, 0.25) is 0 Å². The zero-order valence-electron chi connectivity index (χ0n) is 18.5. The van der Waals surface area contributed by atoms with Gasteiger partial charge >= 0.3 is 0 Å². The number of fused-ring (bicyclic) bond motifs is 1. The van der Waals surface area contributed by atoms with Gasteiger partial charge in [0.1, 0.15) is 11.8 Å². The summed E-state index contributed by atoms with van der Waals surface area (Å²) in [6.07, 6.45) is 0.704. The van der Waals surface area contributed by atoms with E-state index in [1.807, 2.05) is 62.4 Å². The summed E-state index contributed by atoms with van der Waals surface area (Å²) >= 11 is 0. The van der Waals surface area contributed by atoms with Crippen molar-refractivity contribution in [2.45, 2.75) is 58.5 Å². The van der Waals surface area contributed by atoms with Crippen molar-refractivity contribution in [1.82, 2.24) is 10.6 Å². The average molecular weight is 409 g/mol. The van der Waals surface area contributed by atoms with Crippen LogP contribution in [0.25, 0.3) is 0 Å². The van der Waals surface area contributed by atoms with Gasteiger partial charge in [0, 0.05) is 17.5 Å². The van der Waals surface area contributed by atoms with E-state index in [1.165, 1.54) is 0 Å². The maximum Gasteiger partial charge on any atom is 0.251 e. The minimum absolute atomic E-state index is 0.0232. The molecule has 3 rings (SSSR count). The summed E-state index contributed by atoms with van der Waals surface area (Å²) in [7, 11) is 0. The van der Waals surface area contributed by atoms with Crippen LogP contribution in [-0.2, 0) is 10.2 Å². The van der Waals surface area contributed by atoms with Gasteiger partial charge in [-0.25, -0.2) is 0 Å². The molecule has 0 unspecified atom stereocenters. The van der Waals surface area contributed by atoms with Crippen LogP contribution >= 0.6 is 0 Å². The summed E-state index contributed by atoms with van der Waals surface area (Å²) in [5.74, 6) is 0.346. The molecule has 5 heteroatoms. The van der Waals surface area contributed by atoms with E-state index in [0.717, 1.165) is 16.9 Å². The Hall–Kier alpha value is -2.82. The molecule has 0 bridgehead atoms. The molecular formula is C25H32N2O3. The number of hydrogen-bond acceptors (Lipinski definition) is 3. The molecule has 2 amide bonds. The first-order chi connectivity index (χ1) is 14.2. The van der Waals surface area contributed by atoms with Crippen molar-refractivity contribution in [1.29, 1.82) is 0 Å². The molecule has 5 nitrogen and oxygen atoms in total. The molecule has 2 atom stereocenters. The highest BCUT2D eigenvalue weighted by molar-refractivity contribution is 5.97. The van der Waals surface area contributed by atoms with Crippen LogP contribution in [0, 0.1) is 5.92 Å². The van der Waals surface area contributed by atoms with Crippen LogP contribution in [0.3, 0.4) is 0 Å². The van der Waals surface area contributed by atoms with Gasteiger partial charge in [-0.1, -0.05) is 65.0 Å². The summed E-state index contributed by atoms with van der Waals surface area (Å²) in [6, 6.07) is 14.6. The normalized spacial score (nSPS) is 16.9. The summed E-state index contributed by atoms with van der Waals surface area (Å²) in [4.78, 5) is 25.9. The second kappa shape index (κ2) is 8.90. The van der Waals surface area contributed by atoms with Crippen LogP contribution in [-0.4, -0.2) is 24.5 Å². The number of hydrogen-bond donors (Lipinski definition) is 2. The fourth-order valence-corrected chi connectivity index (χ4v) is 3.63. The van der Waals surface area contributed by atoms with E-state index in [2.05, 4.69) is 31.4 Å². The average Bonchev–Trinajstić information content (AvgIpc) is 2.71. The first kappa shape index (κ1) is 21.9. The molecule has 1 aliphatic rings. The maximum absolute atomic E-state index is 13.0.